The van der Waals surface area contributed by atoms with Gasteiger partial charge in [-0.05, 0) is 58.4 Å². The first-order valence-corrected chi connectivity index (χ1v) is 17.8. The molecule has 2 aliphatic carbocycles. The van der Waals surface area contributed by atoms with Crippen LogP contribution in [0.15, 0.2) is 95.1 Å². The highest BCUT2D eigenvalue weighted by Crippen LogP contribution is 2.49. The van der Waals surface area contributed by atoms with Gasteiger partial charge in [0.05, 0.1) is 11.4 Å². The van der Waals surface area contributed by atoms with Crippen molar-refractivity contribution in [1.82, 2.24) is 0 Å². The molecular weight excluding hydrogens is 685 g/mol. The fraction of sp³-hybridized carbons (Fsp3) is 0.176. The molecule has 0 saturated heterocycles. The topological polar surface area (TPSA) is 274 Å². The molecule has 4 aromatic carbocycles. The van der Waals surface area contributed by atoms with Crippen molar-refractivity contribution in [2.24, 2.45) is 21.9 Å². The Balaban J connectivity index is 1.55. The fourth-order valence-electron chi connectivity index (χ4n) is 7.49. The number of fused-ring (bicyclic) bond motifs is 2. The van der Waals surface area contributed by atoms with Crippen molar-refractivity contribution >= 4 is 43.1 Å². The van der Waals surface area contributed by atoms with Gasteiger partial charge in [-0.3, -0.25) is 19.9 Å². The van der Waals surface area contributed by atoms with Gasteiger partial charge >= 0.3 is 0 Å². The van der Waals surface area contributed by atoms with Crippen molar-refractivity contribution in [2.45, 2.75) is 35.5 Å². The highest BCUT2D eigenvalue weighted by molar-refractivity contribution is 7.87. The van der Waals surface area contributed by atoms with Crippen LogP contribution >= 0.6 is 0 Å². The van der Waals surface area contributed by atoms with Crippen LogP contribution in [-0.4, -0.2) is 71.2 Å². The number of aliphatic hydroxyl groups excluding tert-OH is 2. The Morgan fingerprint density at radius 2 is 0.940 bits per heavy atom. The van der Waals surface area contributed by atoms with Crippen molar-refractivity contribution in [1.29, 1.82) is 10.8 Å². The second-order valence-corrected chi connectivity index (χ2v) is 15.3. The molecule has 50 heavy (non-hydrogen) atoms. The van der Waals surface area contributed by atoms with Gasteiger partial charge in [-0.25, -0.2) is 0 Å². The molecule has 0 aliphatic heterocycles. The molecule has 4 unspecified atom stereocenters. The third-order valence-corrected chi connectivity index (χ3v) is 12.6. The molecule has 10 N–H and O–H groups in total. The molecule has 6 rings (SSSR count). The Kier molecular flexibility index (Phi) is 8.17. The molecule has 258 valence electrons. The predicted octanol–water partition coefficient (Wildman–Crippen LogP) is 2.35. The number of nitrogens with zero attached hydrogens (tertiary/aromatic N) is 2. The van der Waals surface area contributed by atoms with Gasteiger partial charge in [0.1, 0.15) is 23.6 Å². The summed E-state index contributed by atoms with van der Waals surface area (Å²) in [5, 5.41) is 47.1. The molecule has 0 amide bonds. The second-order valence-electron chi connectivity index (χ2n) is 12.2. The van der Waals surface area contributed by atoms with E-state index in [-0.39, 0.29) is 44.8 Å². The fourth-order valence-corrected chi connectivity index (χ4v) is 10.2. The van der Waals surface area contributed by atoms with Crippen LogP contribution in [0.5, 0.6) is 0 Å². The van der Waals surface area contributed by atoms with Crippen molar-refractivity contribution in [3.8, 4) is 11.1 Å². The summed E-state index contributed by atoms with van der Waals surface area (Å²) in [7, 11) is -10.4. The van der Waals surface area contributed by atoms with Crippen LogP contribution in [0.2, 0.25) is 0 Å². The summed E-state index contributed by atoms with van der Waals surface area (Å²) in [5.74, 6) is 11.0. The highest BCUT2D eigenvalue weighted by Gasteiger charge is 2.61. The number of aliphatic hydroxyl groups is 2. The Morgan fingerprint density at radius 1 is 0.600 bits per heavy atom. The number of aryl methyl sites for hydroxylation is 2. The third-order valence-electron chi connectivity index (χ3n) is 9.67. The first kappa shape index (κ1) is 34.8. The number of hydrazone groups is 2. The molecule has 2 aliphatic rings. The van der Waals surface area contributed by atoms with E-state index in [2.05, 4.69) is 10.2 Å². The Morgan fingerprint density at radius 3 is 1.24 bits per heavy atom. The summed E-state index contributed by atoms with van der Waals surface area (Å²) in [5.41, 5.74) is 0.302. The lowest BCUT2D eigenvalue weighted by Gasteiger charge is -2.42. The molecule has 14 nitrogen and oxygen atoms in total. The number of hydrogen-bond donors (Lipinski definition) is 8. The summed E-state index contributed by atoms with van der Waals surface area (Å²) in [6.07, 6.45) is -4.11. The van der Waals surface area contributed by atoms with Crippen LogP contribution < -0.4 is 11.7 Å². The van der Waals surface area contributed by atoms with Crippen LogP contribution in [-0.2, 0) is 29.7 Å². The summed E-state index contributed by atoms with van der Waals surface area (Å²) in [6, 6.07) is 21.0. The van der Waals surface area contributed by atoms with E-state index in [1.165, 1.54) is 48.5 Å². The van der Waals surface area contributed by atoms with Crippen LogP contribution in [0.4, 0.5) is 0 Å². The molecule has 16 heteroatoms. The molecule has 0 spiro atoms. The minimum Gasteiger partial charge on any atom is -0.384 e. The van der Waals surface area contributed by atoms with Crippen molar-refractivity contribution in [3.63, 3.8) is 0 Å². The molecule has 0 radical (unpaired) electrons. The lowest BCUT2D eigenvalue weighted by atomic mass is 9.72. The van der Waals surface area contributed by atoms with E-state index in [1.54, 1.807) is 50.2 Å². The lowest BCUT2D eigenvalue weighted by Crippen LogP contribution is -2.57. The molecular formula is C34H32N6O8S2. The number of nitrogens with one attached hydrogen (secondary N) is 2. The number of rotatable bonds is 5. The summed E-state index contributed by atoms with van der Waals surface area (Å²) < 4.78 is 70.2. The zero-order valence-electron chi connectivity index (χ0n) is 26.5. The van der Waals surface area contributed by atoms with Gasteiger partial charge in [-0.15, -0.1) is 0 Å². The van der Waals surface area contributed by atoms with E-state index in [0.29, 0.717) is 22.3 Å². The van der Waals surface area contributed by atoms with E-state index >= 15 is 0 Å². The maximum atomic E-state index is 13.4. The van der Waals surface area contributed by atoms with E-state index in [4.69, 9.17) is 22.5 Å². The molecule has 4 aromatic rings. The van der Waals surface area contributed by atoms with Gasteiger partial charge < -0.3 is 21.9 Å². The van der Waals surface area contributed by atoms with E-state index in [1.807, 2.05) is 0 Å². The largest absolute Gasteiger partial charge is 0.384 e. The predicted molar refractivity (Wildman–Crippen MR) is 188 cm³/mol. The first-order valence-electron chi connectivity index (χ1n) is 15.0. The van der Waals surface area contributed by atoms with Gasteiger partial charge in [0.15, 0.2) is 9.49 Å². The molecule has 0 heterocycles. The van der Waals surface area contributed by atoms with Gasteiger partial charge in [0.25, 0.3) is 20.2 Å². The second kappa shape index (κ2) is 11.8. The molecule has 0 aromatic heterocycles. The van der Waals surface area contributed by atoms with Gasteiger partial charge in [0, 0.05) is 11.1 Å². The minimum absolute atomic E-state index is 0.00555. The zero-order chi connectivity index (χ0) is 36.6. The standard InChI is InChI=1S/C34H32N6O8S2/c1-17-15-19(11-13-23(17)33(49(43,44)45)25-9-5-3-7-21(25)27(35)29(39-37)31(33)41)20-12-14-24(18(2)16-20)34(50(46,47)48)26-10-6-4-8-22(26)28(36)30(40-38)32(34)42/h3-16,31-32,35-36,41-42H,37-38H2,1-2H3,(H,43,44,45)(H,46,47,48). The SMILES string of the molecule is Cc1cc(-c2ccc(C3(S(=O)(=O)O)c4ccccc4C(=N)C(=NN)C3O)c(C)c2)ccc1C1(S(=O)(=O)O)c2ccccc2C(=N)C(=NN)C1O. The number of nitrogens with two attached hydrogens (primary N) is 2. The molecule has 0 bridgehead atoms. The zero-order valence-corrected chi connectivity index (χ0v) is 28.2. The van der Waals surface area contributed by atoms with Crippen LogP contribution in [0.3, 0.4) is 0 Å². The van der Waals surface area contributed by atoms with E-state index in [0.717, 1.165) is 0 Å². The number of hydrogen-bond acceptors (Lipinski definition) is 12. The van der Waals surface area contributed by atoms with Crippen molar-refractivity contribution < 1.29 is 36.2 Å². The van der Waals surface area contributed by atoms with Gasteiger partial charge in [-0.2, -0.15) is 27.0 Å². The van der Waals surface area contributed by atoms with Crippen LogP contribution in [0, 0.1) is 24.7 Å². The van der Waals surface area contributed by atoms with E-state index in [9.17, 15) is 36.2 Å². The third kappa shape index (κ3) is 4.53. The average molecular weight is 717 g/mol. The summed E-state index contributed by atoms with van der Waals surface area (Å²) in [4.78, 5) is 0. The summed E-state index contributed by atoms with van der Waals surface area (Å²) in [6.45, 7) is 3.15. The maximum Gasteiger partial charge on any atom is 0.282 e. The van der Waals surface area contributed by atoms with Crippen molar-refractivity contribution in [2.75, 3.05) is 0 Å². The Bertz CT molecular complexity index is 2260. The average Bonchev–Trinajstić information content (AvgIpc) is 3.05. The van der Waals surface area contributed by atoms with E-state index < -0.39 is 53.4 Å². The monoisotopic (exact) mass is 716 g/mol. The lowest BCUT2D eigenvalue weighted by molar-refractivity contribution is 0.195. The number of benzene rings is 4. The Hall–Kier alpha value is -5.10. The van der Waals surface area contributed by atoms with Gasteiger partial charge in [0.2, 0.25) is 0 Å². The van der Waals surface area contributed by atoms with Crippen molar-refractivity contribution in [3.05, 3.63) is 129 Å². The van der Waals surface area contributed by atoms with Gasteiger partial charge in [-0.1, -0.05) is 84.9 Å². The minimum atomic E-state index is -5.18. The normalized spacial score (nSPS) is 25.4. The van der Waals surface area contributed by atoms with Crippen LogP contribution in [0.25, 0.3) is 11.1 Å². The highest BCUT2D eigenvalue weighted by atomic mass is 32.2. The quantitative estimate of drug-likeness (QED) is 0.0848. The molecule has 0 fully saturated rings. The first-order chi connectivity index (χ1) is 23.5. The Labute approximate surface area is 287 Å². The van der Waals surface area contributed by atoms with Crippen LogP contribution in [0.1, 0.15) is 44.5 Å². The smallest absolute Gasteiger partial charge is 0.282 e. The molecule has 4 atom stereocenters. The molecule has 0 saturated carbocycles. The summed E-state index contributed by atoms with van der Waals surface area (Å²) >= 11 is 0. The maximum absolute atomic E-state index is 13.4.